The molecule has 0 aliphatic carbocycles. The van der Waals surface area contributed by atoms with Gasteiger partial charge in [0.05, 0.1) is 13.1 Å². The number of nitrogens with two attached hydrogens (primary N) is 1. The fraction of sp³-hybridized carbons (Fsp3) is 0.857. The number of hydrogen-bond donors (Lipinski definition) is 4. The van der Waals surface area contributed by atoms with E-state index in [-0.39, 0.29) is 0 Å². The highest BCUT2D eigenvalue weighted by Crippen LogP contribution is 1.93. The third-order valence-electron chi connectivity index (χ3n) is 1.04. The molecule has 0 aromatic rings. The molecule has 0 saturated heterocycles. The lowest BCUT2D eigenvalue weighted by Gasteiger charge is -1.98. The normalized spacial score (nSPS) is 11.7. The summed E-state index contributed by atoms with van der Waals surface area (Å²) >= 11 is 1.74. The predicted molar refractivity (Wildman–Crippen MR) is 64.0 cm³/mol. The molecular formula is C7H19N3O4S2. The molecule has 0 aromatic heterocycles. The fourth-order valence-corrected chi connectivity index (χ4v) is 1.46. The van der Waals surface area contributed by atoms with E-state index >= 15 is 0 Å². The topological polar surface area (TPSA) is 129 Å². The second kappa shape index (κ2) is 11.1. The van der Waals surface area contributed by atoms with E-state index in [0.717, 1.165) is 30.6 Å². The third kappa shape index (κ3) is 23.5. The smallest absolute Gasteiger partial charge is 0.304 e. The molecule has 0 unspecified atom stereocenters. The second-order valence-corrected chi connectivity index (χ2v) is 4.42. The minimum absolute atomic E-state index is 0.727. The molecule has 0 bridgehead atoms. The van der Waals surface area contributed by atoms with Gasteiger partial charge in [0.2, 0.25) is 10.4 Å². The predicted octanol–water partition coefficient (Wildman–Crippen LogP) is -2.25. The molecule has 7 nitrogen and oxygen atoms in total. The van der Waals surface area contributed by atoms with Crippen LogP contribution >= 0.6 is 11.8 Å². The van der Waals surface area contributed by atoms with Crippen LogP contribution in [0.4, 0.5) is 0 Å². The van der Waals surface area contributed by atoms with Gasteiger partial charge < -0.3 is 10.3 Å². The lowest BCUT2D eigenvalue weighted by molar-refractivity contribution is -0.451. The molecule has 5 N–H and O–H groups in total. The summed E-state index contributed by atoms with van der Waals surface area (Å²) in [6.45, 7) is 6.81. The van der Waals surface area contributed by atoms with Gasteiger partial charge in [-0.1, -0.05) is 0 Å². The maximum Gasteiger partial charge on any atom is 0.304 e. The molecule has 16 heavy (non-hydrogen) atoms. The number of hydrogen-bond acceptors (Lipinski definition) is 5. The largest absolute Gasteiger partial charge is 0.726 e. The Kier molecular flexibility index (Phi) is 12.6. The van der Waals surface area contributed by atoms with Gasteiger partial charge in [0.15, 0.2) is 0 Å². The van der Waals surface area contributed by atoms with E-state index in [1.54, 1.807) is 11.8 Å². The van der Waals surface area contributed by atoms with Crippen LogP contribution < -0.4 is 16.0 Å². The van der Waals surface area contributed by atoms with Crippen molar-refractivity contribution in [3.63, 3.8) is 0 Å². The maximum atomic E-state index is 8.63. The van der Waals surface area contributed by atoms with Gasteiger partial charge in [0, 0.05) is 12.3 Å². The quantitative estimate of drug-likeness (QED) is 0.197. The average Bonchev–Trinajstić information content (AvgIpc) is 2.12. The Morgan fingerprint density at radius 1 is 1.56 bits per heavy atom. The minimum Gasteiger partial charge on any atom is -0.726 e. The van der Waals surface area contributed by atoms with Crippen molar-refractivity contribution in [3.8, 4) is 0 Å². The first-order valence-electron chi connectivity index (χ1n) is 4.70. The SMILES string of the molecule is CCNC(=[NH+]CC)SCCN.O=S(=O)([O-])O. The highest BCUT2D eigenvalue weighted by atomic mass is 32.3. The lowest BCUT2D eigenvalue weighted by Crippen LogP contribution is -2.74. The van der Waals surface area contributed by atoms with Crippen molar-refractivity contribution >= 4 is 27.3 Å². The van der Waals surface area contributed by atoms with Crippen molar-refractivity contribution in [2.75, 3.05) is 25.4 Å². The van der Waals surface area contributed by atoms with Crippen LogP contribution in [-0.2, 0) is 10.4 Å². The van der Waals surface area contributed by atoms with Crippen LogP contribution in [0.15, 0.2) is 0 Å². The molecule has 0 atom stereocenters. The highest BCUT2D eigenvalue weighted by Gasteiger charge is 2.02. The van der Waals surface area contributed by atoms with Crippen LogP contribution in [0.5, 0.6) is 0 Å². The van der Waals surface area contributed by atoms with Gasteiger partial charge in [0.1, 0.15) is 0 Å². The van der Waals surface area contributed by atoms with Crippen LogP contribution in [0.25, 0.3) is 0 Å². The Labute approximate surface area is 100 Å². The standard InChI is InChI=1S/C7H17N3S.H2O4S/c1-3-9-7(10-4-2)11-6-5-8;1-5(2,3)4/h3-6,8H2,1-2H3,(H,9,10);(H2,1,2,3,4). The molecule has 0 heterocycles. The molecule has 9 heteroatoms. The summed E-state index contributed by atoms with van der Waals surface area (Å²) in [6, 6.07) is 0. The van der Waals surface area contributed by atoms with Crippen molar-refractivity contribution in [2.45, 2.75) is 13.8 Å². The van der Waals surface area contributed by atoms with Crippen molar-refractivity contribution in [3.05, 3.63) is 0 Å². The zero-order chi connectivity index (χ0) is 13.0. The summed E-state index contributed by atoms with van der Waals surface area (Å²) in [5.41, 5.74) is 5.38. The Balaban J connectivity index is 0. The molecule has 0 radical (unpaired) electrons. The monoisotopic (exact) mass is 273 g/mol. The first-order valence-corrected chi connectivity index (χ1v) is 7.06. The molecule has 0 fully saturated rings. The molecule has 0 amide bonds. The molecular weight excluding hydrogens is 254 g/mol. The van der Waals surface area contributed by atoms with Crippen LogP contribution in [-0.4, -0.2) is 48.1 Å². The Morgan fingerprint density at radius 2 is 2.06 bits per heavy atom. The highest BCUT2D eigenvalue weighted by molar-refractivity contribution is 8.13. The zero-order valence-corrected chi connectivity index (χ0v) is 11.0. The zero-order valence-electron chi connectivity index (χ0n) is 9.39. The van der Waals surface area contributed by atoms with Crippen molar-refractivity contribution in [1.82, 2.24) is 5.32 Å². The van der Waals surface area contributed by atoms with Gasteiger partial charge in [-0.3, -0.25) is 14.9 Å². The lowest BCUT2D eigenvalue weighted by atomic mass is 10.7. The summed E-state index contributed by atoms with van der Waals surface area (Å²) in [5, 5.41) is 4.37. The third-order valence-corrected chi connectivity index (χ3v) is 2.06. The maximum absolute atomic E-state index is 8.63. The van der Waals surface area contributed by atoms with E-state index in [0.29, 0.717) is 0 Å². The van der Waals surface area contributed by atoms with E-state index in [1.165, 1.54) is 0 Å². The summed E-state index contributed by atoms with van der Waals surface area (Å²) in [6.07, 6.45) is 0. The molecule has 0 spiro atoms. The average molecular weight is 273 g/mol. The molecule has 0 aliphatic heterocycles. The summed E-state index contributed by atoms with van der Waals surface area (Å²) in [7, 11) is -4.92. The number of amidine groups is 1. The second-order valence-electron chi connectivity index (χ2n) is 2.45. The Bertz CT molecular complexity index is 271. The van der Waals surface area contributed by atoms with E-state index in [1.807, 2.05) is 0 Å². The Morgan fingerprint density at radius 3 is 2.38 bits per heavy atom. The van der Waals surface area contributed by atoms with Crippen molar-refractivity contribution in [1.29, 1.82) is 0 Å². The minimum atomic E-state index is -4.92. The van der Waals surface area contributed by atoms with Gasteiger partial charge in [-0.25, -0.2) is 8.42 Å². The fourth-order valence-electron chi connectivity index (χ4n) is 0.647. The van der Waals surface area contributed by atoms with Gasteiger partial charge in [-0.15, -0.1) is 0 Å². The van der Waals surface area contributed by atoms with Gasteiger partial charge in [0.25, 0.3) is 0 Å². The van der Waals surface area contributed by atoms with Crippen molar-refractivity contribution in [2.24, 2.45) is 5.73 Å². The van der Waals surface area contributed by atoms with E-state index in [4.69, 9.17) is 23.3 Å². The van der Waals surface area contributed by atoms with Crippen LogP contribution in [0, 0.1) is 0 Å². The van der Waals surface area contributed by atoms with E-state index < -0.39 is 10.4 Å². The van der Waals surface area contributed by atoms with E-state index in [9.17, 15) is 0 Å². The van der Waals surface area contributed by atoms with Crippen LogP contribution in [0.2, 0.25) is 0 Å². The van der Waals surface area contributed by atoms with E-state index in [2.05, 4.69) is 24.2 Å². The first kappa shape index (κ1) is 18.0. The molecule has 0 aromatic carbocycles. The Hall–Kier alpha value is -0.350. The molecule has 0 rings (SSSR count). The number of rotatable bonds is 4. The molecule has 0 saturated carbocycles. The summed E-state index contributed by atoms with van der Waals surface area (Å²) in [5.74, 6) is 0.968. The molecule has 0 aliphatic rings. The van der Waals surface area contributed by atoms with Gasteiger partial charge in [-0.05, 0) is 25.6 Å². The van der Waals surface area contributed by atoms with Crippen LogP contribution in [0.3, 0.4) is 0 Å². The molecule has 98 valence electrons. The summed E-state index contributed by atoms with van der Waals surface area (Å²) < 4.78 is 32.8. The number of thioether (sulfide) groups is 1. The van der Waals surface area contributed by atoms with Gasteiger partial charge >= 0.3 is 5.17 Å². The van der Waals surface area contributed by atoms with Gasteiger partial charge in [-0.2, -0.15) is 0 Å². The first-order chi connectivity index (χ1) is 7.35. The number of nitrogens with one attached hydrogen (secondary N) is 2. The van der Waals surface area contributed by atoms with Crippen molar-refractivity contribution < 1.29 is 22.5 Å². The summed E-state index contributed by atoms with van der Waals surface area (Å²) in [4.78, 5) is 3.23. The van der Waals surface area contributed by atoms with Crippen LogP contribution in [0.1, 0.15) is 13.8 Å².